The molecule has 0 radical (unpaired) electrons. The summed E-state index contributed by atoms with van der Waals surface area (Å²) in [7, 11) is 1.76. The Morgan fingerprint density at radius 3 is 2.79 bits per heavy atom. The van der Waals surface area contributed by atoms with Crippen molar-refractivity contribution in [2.24, 2.45) is 4.99 Å². The van der Waals surface area contributed by atoms with Gasteiger partial charge in [-0.2, -0.15) is 11.8 Å². The van der Waals surface area contributed by atoms with E-state index in [0.29, 0.717) is 5.75 Å². The third kappa shape index (κ3) is 6.49. The molecule has 7 heteroatoms. The number of guanidine groups is 1. The first-order valence-corrected chi connectivity index (χ1v) is 9.89. The van der Waals surface area contributed by atoms with Gasteiger partial charge in [0, 0.05) is 43.4 Å². The topological polar surface area (TPSA) is 49.3 Å². The number of nitrogens with one attached hydrogen (secondary N) is 2. The van der Waals surface area contributed by atoms with Crippen LogP contribution in [0.2, 0.25) is 0 Å². The molecule has 0 saturated heterocycles. The number of hydrogen-bond acceptors (Lipinski definition) is 4. The largest absolute Gasteiger partial charge is 0.356 e. The van der Waals surface area contributed by atoms with Crippen LogP contribution in [0.1, 0.15) is 16.3 Å². The van der Waals surface area contributed by atoms with Crippen LogP contribution in [-0.2, 0) is 12.2 Å². The number of halogens is 1. The standard InChI is InChI=1S/C17H23FN4S2/c1-13-22-15(12-24-13)7-8-20-17(19-2)21-9-10-23-11-14-5-3-4-6-16(14)18/h3-6,12H,7-11H2,1-2H3,(H2,19,20,21). The van der Waals surface area contributed by atoms with E-state index in [2.05, 4.69) is 26.0 Å². The van der Waals surface area contributed by atoms with Crippen molar-refractivity contribution in [2.45, 2.75) is 19.1 Å². The smallest absolute Gasteiger partial charge is 0.191 e. The van der Waals surface area contributed by atoms with E-state index in [1.807, 2.05) is 19.1 Å². The minimum absolute atomic E-state index is 0.132. The van der Waals surface area contributed by atoms with Crippen molar-refractivity contribution in [1.29, 1.82) is 0 Å². The summed E-state index contributed by atoms with van der Waals surface area (Å²) in [6.07, 6.45) is 0.882. The zero-order valence-electron chi connectivity index (χ0n) is 14.0. The molecule has 0 saturated carbocycles. The molecule has 0 spiro atoms. The Kier molecular flexibility index (Phi) is 8.04. The average Bonchev–Trinajstić information content (AvgIpc) is 3.00. The average molecular weight is 367 g/mol. The minimum Gasteiger partial charge on any atom is -0.356 e. The zero-order chi connectivity index (χ0) is 17.2. The number of nitrogens with zero attached hydrogens (tertiary/aromatic N) is 2. The van der Waals surface area contributed by atoms with E-state index in [-0.39, 0.29) is 5.82 Å². The van der Waals surface area contributed by atoms with Crippen molar-refractivity contribution in [1.82, 2.24) is 15.6 Å². The van der Waals surface area contributed by atoms with Gasteiger partial charge in [-0.1, -0.05) is 18.2 Å². The lowest BCUT2D eigenvalue weighted by molar-refractivity contribution is 0.617. The molecule has 0 amide bonds. The first kappa shape index (κ1) is 18.7. The Morgan fingerprint density at radius 2 is 2.08 bits per heavy atom. The fourth-order valence-electron chi connectivity index (χ4n) is 2.09. The van der Waals surface area contributed by atoms with E-state index in [1.165, 1.54) is 6.07 Å². The summed E-state index contributed by atoms with van der Waals surface area (Å²) >= 11 is 3.38. The van der Waals surface area contributed by atoms with Gasteiger partial charge in [0.15, 0.2) is 5.96 Å². The Morgan fingerprint density at radius 1 is 1.29 bits per heavy atom. The molecule has 0 atom stereocenters. The molecule has 130 valence electrons. The first-order valence-electron chi connectivity index (χ1n) is 7.85. The molecule has 0 unspecified atom stereocenters. The molecule has 0 aliphatic carbocycles. The van der Waals surface area contributed by atoms with Crippen molar-refractivity contribution < 1.29 is 4.39 Å². The number of hydrogen-bond donors (Lipinski definition) is 2. The molecule has 2 N–H and O–H groups in total. The maximum atomic E-state index is 13.5. The van der Waals surface area contributed by atoms with Crippen LogP contribution in [0.5, 0.6) is 0 Å². The Bertz CT molecular complexity index is 658. The summed E-state index contributed by atoms with van der Waals surface area (Å²) in [5, 5.41) is 9.73. The van der Waals surface area contributed by atoms with E-state index >= 15 is 0 Å². The van der Waals surface area contributed by atoms with Crippen LogP contribution in [0.25, 0.3) is 0 Å². The molecule has 2 aromatic rings. The van der Waals surface area contributed by atoms with Crippen molar-refractivity contribution in [3.05, 3.63) is 51.7 Å². The molecule has 1 aromatic carbocycles. The summed E-state index contributed by atoms with van der Waals surface area (Å²) in [6, 6.07) is 6.92. The van der Waals surface area contributed by atoms with Crippen LogP contribution >= 0.6 is 23.1 Å². The van der Waals surface area contributed by atoms with Gasteiger partial charge in [0.05, 0.1) is 10.7 Å². The number of aryl methyl sites for hydroxylation is 1. The van der Waals surface area contributed by atoms with Crippen molar-refractivity contribution in [3.8, 4) is 0 Å². The van der Waals surface area contributed by atoms with Gasteiger partial charge in [0.25, 0.3) is 0 Å². The maximum absolute atomic E-state index is 13.5. The van der Waals surface area contributed by atoms with Crippen molar-refractivity contribution in [2.75, 3.05) is 25.9 Å². The molecule has 0 aliphatic heterocycles. The predicted octanol–water partition coefficient (Wildman–Crippen LogP) is 3.23. The lowest BCUT2D eigenvalue weighted by Gasteiger charge is -2.11. The first-order chi connectivity index (χ1) is 11.7. The molecule has 1 heterocycles. The number of thioether (sulfide) groups is 1. The van der Waals surface area contributed by atoms with Crippen LogP contribution in [0.3, 0.4) is 0 Å². The van der Waals surface area contributed by atoms with Gasteiger partial charge in [-0.15, -0.1) is 11.3 Å². The molecule has 1 aromatic heterocycles. The van der Waals surface area contributed by atoms with Gasteiger partial charge >= 0.3 is 0 Å². The lowest BCUT2D eigenvalue weighted by Crippen LogP contribution is -2.39. The highest BCUT2D eigenvalue weighted by molar-refractivity contribution is 7.98. The number of benzene rings is 1. The van der Waals surface area contributed by atoms with Crippen molar-refractivity contribution in [3.63, 3.8) is 0 Å². The molecular weight excluding hydrogens is 343 g/mol. The van der Waals surface area contributed by atoms with Gasteiger partial charge in [-0.25, -0.2) is 9.37 Å². The fraction of sp³-hybridized carbons (Fsp3) is 0.412. The highest BCUT2D eigenvalue weighted by atomic mass is 32.2. The molecule has 0 aliphatic rings. The van der Waals surface area contributed by atoms with Gasteiger partial charge in [0.2, 0.25) is 0 Å². The zero-order valence-corrected chi connectivity index (χ0v) is 15.6. The van der Waals surface area contributed by atoms with E-state index < -0.39 is 0 Å². The molecule has 0 fully saturated rings. The second-order valence-corrected chi connectivity index (χ2v) is 7.35. The molecule has 4 nitrogen and oxygen atoms in total. The van der Waals surface area contributed by atoms with Gasteiger partial charge in [0.1, 0.15) is 5.82 Å². The van der Waals surface area contributed by atoms with Crippen LogP contribution in [0, 0.1) is 12.7 Å². The van der Waals surface area contributed by atoms with E-state index in [1.54, 1.807) is 36.2 Å². The summed E-state index contributed by atoms with van der Waals surface area (Å²) in [4.78, 5) is 8.64. The third-order valence-electron chi connectivity index (χ3n) is 3.32. The molecular formula is C17H23FN4S2. The van der Waals surface area contributed by atoms with Crippen LogP contribution in [-0.4, -0.2) is 36.8 Å². The summed E-state index contributed by atoms with van der Waals surface area (Å²) < 4.78 is 13.5. The van der Waals surface area contributed by atoms with E-state index in [0.717, 1.165) is 47.5 Å². The normalized spacial score (nSPS) is 11.5. The lowest BCUT2D eigenvalue weighted by atomic mass is 10.2. The van der Waals surface area contributed by atoms with Crippen LogP contribution < -0.4 is 10.6 Å². The fourth-order valence-corrected chi connectivity index (χ4v) is 3.58. The van der Waals surface area contributed by atoms with E-state index in [4.69, 9.17) is 0 Å². The third-order valence-corrected chi connectivity index (χ3v) is 5.15. The van der Waals surface area contributed by atoms with Crippen LogP contribution in [0.4, 0.5) is 4.39 Å². The second-order valence-electron chi connectivity index (χ2n) is 5.18. The van der Waals surface area contributed by atoms with Gasteiger partial charge in [-0.05, 0) is 18.6 Å². The number of aromatic nitrogens is 1. The highest BCUT2D eigenvalue weighted by Crippen LogP contribution is 2.14. The summed E-state index contributed by atoms with van der Waals surface area (Å²) in [6.45, 7) is 3.60. The SMILES string of the molecule is CN=C(NCCSCc1ccccc1F)NCCc1csc(C)n1. The summed E-state index contributed by atoms with van der Waals surface area (Å²) in [5.74, 6) is 2.23. The van der Waals surface area contributed by atoms with Gasteiger partial charge < -0.3 is 10.6 Å². The Labute approximate surface area is 151 Å². The Balaban J connectivity index is 1.59. The molecule has 24 heavy (non-hydrogen) atoms. The minimum atomic E-state index is -0.132. The molecule has 0 bridgehead atoms. The Hall–Kier alpha value is -1.60. The van der Waals surface area contributed by atoms with E-state index in [9.17, 15) is 4.39 Å². The second kappa shape index (κ2) is 10.3. The maximum Gasteiger partial charge on any atom is 0.191 e. The van der Waals surface area contributed by atoms with Gasteiger partial charge in [-0.3, -0.25) is 4.99 Å². The monoisotopic (exact) mass is 366 g/mol. The summed E-state index contributed by atoms with van der Waals surface area (Å²) in [5.41, 5.74) is 1.87. The number of thiazole rings is 1. The van der Waals surface area contributed by atoms with Crippen molar-refractivity contribution >= 4 is 29.1 Å². The number of aliphatic imine (C=N–C) groups is 1. The highest BCUT2D eigenvalue weighted by Gasteiger charge is 2.02. The van der Waals surface area contributed by atoms with Crippen LogP contribution in [0.15, 0.2) is 34.6 Å². The number of rotatable bonds is 8. The predicted molar refractivity (Wildman–Crippen MR) is 102 cm³/mol. The molecule has 2 rings (SSSR count). The quantitative estimate of drug-likeness (QED) is 0.428.